The Morgan fingerprint density at radius 1 is 1.27 bits per heavy atom. The molecule has 0 saturated heterocycles. The van der Waals surface area contributed by atoms with Gasteiger partial charge in [-0.05, 0) is 0 Å². The van der Waals surface area contributed by atoms with Crippen LogP contribution in [0.3, 0.4) is 0 Å². The molecule has 0 heterocycles. The van der Waals surface area contributed by atoms with Crippen LogP contribution in [0.5, 0.6) is 0 Å². The number of carboxylic acids is 1. The van der Waals surface area contributed by atoms with Gasteiger partial charge in [-0.2, -0.15) is 0 Å². The van der Waals surface area contributed by atoms with Crippen molar-refractivity contribution < 1.29 is 14.8 Å². The second kappa shape index (κ2) is 7.23. The van der Waals surface area contributed by atoms with E-state index < -0.39 is 26.6 Å². The Balaban J connectivity index is 2.35. The quantitative estimate of drug-likeness (QED) is 0.488. The summed E-state index contributed by atoms with van der Waals surface area (Å²) < 4.78 is 0.988. The predicted molar refractivity (Wildman–Crippen MR) is 84.9 cm³/mol. The van der Waals surface area contributed by atoms with Crippen molar-refractivity contribution in [1.29, 1.82) is 0 Å². The topological polar surface area (TPSA) is 80.4 Å². The first-order chi connectivity index (χ1) is 10.5. The number of aromatic carboxylic acids is 1. The molecule has 0 bridgehead atoms. The van der Waals surface area contributed by atoms with E-state index in [9.17, 15) is 20.0 Å². The first kappa shape index (κ1) is 16.2. The van der Waals surface area contributed by atoms with Gasteiger partial charge in [0, 0.05) is 0 Å². The number of rotatable bonds is 6. The van der Waals surface area contributed by atoms with Crippen molar-refractivity contribution in [3.63, 3.8) is 0 Å². The van der Waals surface area contributed by atoms with Crippen molar-refractivity contribution in [2.24, 2.45) is 0 Å². The number of benzene rings is 2. The summed E-state index contributed by atoms with van der Waals surface area (Å²) in [7, 11) is 0. The zero-order valence-corrected chi connectivity index (χ0v) is 13.8. The number of nitro groups is 1. The summed E-state index contributed by atoms with van der Waals surface area (Å²) in [5.74, 6) is -1.11. The van der Waals surface area contributed by atoms with Crippen molar-refractivity contribution in [1.82, 2.24) is 0 Å². The third kappa shape index (κ3) is 3.74. The molecule has 0 aromatic heterocycles. The van der Waals surface area contributed by atoms with E-state index in [0.717, 1.165) is 12.5 Å². The monoisotopic (exact) mass is 360 g/mol. The molecule has 0 aliphatic rings. The number of nitro benzene ring substituents is 1. The molecule has 0 saturated carbocycles. The van der Waals surface area contributed by atoms with Crippen molar-refractivity contribution in [2.75, 3.05) is 0 Å². The summed E-state index contributed by atoms with van der Waals surface area (Å²) in [6, 6.07) is 14.1. The average Bonchev–Trinajstić information content (AvgIpc) is 2.53. The fraction of sp³-hybridized carbons (Fsp3) is 0.188. The Bertz CT molecular complexity index is 688. The first-order valence-electron chi connectivity index (χ1n) is 6.80. The van der Waals surface area contributed by atoms with E-state index in [1.165, 1.54) is 11.6 Å². The fourth-order valence-electron chi connectivity index (χ4n) is 2.17. The molecule has 0 amide bonds. The number of nitrogens with zero attached hydrogens (tertiary/aromatic N) is 1. The van der Waals surface area contributed by atoms with Crippen LogP contribution in [0.15, 0.2) is 48.5 Å². The van der Waals surface area contributed by atoms with Crippen molar-refractivity contribution in [3.8, 4) is 0 Å². The third-order valence-corrected chi connectivity index (χ3v) is 6.73. The Labute approximate surface area is 134 Å². The number of hydrogen-bond donors (Lipinski definition) is 1. The molecule has 6 heteroatoms. The van der Waals surface area contributed by atoms with E-state index in [4.69, 9.17) is 0 Å². The summed E-state index contributed by atoms with van der Waals surface area (Å²) >= 11 is -0.439. The van der Waals surface area contributed by atoms with Crippen molar-refractivity contribution in [3.05, 3.63) is 69.8 Å². The molecule has 5 nitrogen and oxygen atoms in total. The van der Waals surface area contributed by atoms with Gasteiger partial charge in [-0.25, -0.2) is 0 Å². The molecular weight excluding hydrogens is 345 g/mol. The maximum absolute atomic E-state index is 11.4. The molecule has 0 aliphatic carbocycles. The molecule has 113 valence electrons. The van der Waals surface area contributed by atoms with Gasteiger partial charge >= 0.3 is 134 Å². The van der Waals surface area contributed by atoms with E-state index in [1.54, 1.807) is 6.07 Å². The van der Waals surface area contributed by atoms with Crippen LogP contribution in [0.25, 0.3) is 0 Å². The molecule has 0 fully saturated rings. The maximum atomic E-state index is 11.4. The van der Waals surface area contributed by atoms with Crippen molar-refractivity contribution >= 4 is 31.8 Å². The van der Waals surface area contributed by atoms with E-state index >= 15 is 0 Å². The summed E-state index contributed by atoms with van der Waals surface area (Å²) in [6.45, 7) is 2.07. The molecule has 1 atom stereocenters. The molecule has 2 aromatic rings. The van der Waals surface area contributed by atoms with Gasteiger partial charge < -0.3 is 0 Å². The van der Waals surface area contributed by atoms with Crippen LogP contribution in [-0.2, 0) is 0 Å². The van der Waals surface area contributed by atoms with Gasteiger partial charge in [0.2, 0.25) is 0 Å². The standard InChI is InChI=1S/C16H15AsNO4/c1-2-14(11-6-4-3-5-7-11)17-15-9-8-12(18(21)22)10-13(15)16(19)20/h3-10,14H,2H2,1H3,(H,19,20). The molecule has 1 unspecified atom stereocenters. The van der Waals surface area contributed by atoms with Gasteiger partial charge in [-0.3, -0.25) is 0 Å². The molecule has 1 N–H and O–H groups in total. The van der Waals surface area contributed by atoms with Crippen LogP contribution in [0.2, 0.25) is 0 Å². The number of non-ortho nitro benzene ring substituents is 1. The van der Waals surface area contributed by atoms with Crippen LogP contribution in [-0.4, -0.2) is 31.8 Å². The second-order valence-electron chi connectivity index (χ2n) is 4.73. The minimum atomic E-state index is -1.11. The second-order valence-corrected chi connectivity index (χ2v) is 7.59. The molecule has 2 aromatic carbocycles. The predicted octanol–water partition coefficient (Wildman–Crippen LogP) is 2.77. The molecule has 22 heavy (non-hydrogen) atoms. The Hall–Kier alpha value is -2.13. The van der Waals surface area contributed by atoms with Crippen LogP contribution in [0.1, 0.15) is 34.0 Å². The number of hydrogen-bond acceptors (Lipinski definition) is 3. The zero-order chi connectivity index (χ0) is 16.1. The van der Waals surface area contributed by atoms with Gasteiger partial charge in [-0.15, -0.1) is 0 Å². The summed E-state index contributed by atoms with van der Waals surface area (Å²) in [6.07, 6.45) is 0.903. The van der Waals surface area contributed by atoms with Crippen LogP contribution in [0.4, 0.5) is 5.69 Å². The molecule has 0 aliphatic heterocycles. The number of carboxylic acid groups (broad SMARTS) is 1. The normalized spacial score (nSPS) is 12.4. The van der Waals surface area contributed by atoms with Gasteiger partial charge in [0.25, 0.3) is 0 Å². The summed E-state index contributed by atoms with van der Waals surface area (Å²) in [5.41, 5.74) is 1.04. The van der Waals surface area contributed by atoms with Crippen LogP contribution in [0, 0.1) is 10.1 Å². The molecule has 1 radical (unpaired) electrons. The number of carbonyl (C=O) groups is 1. The minimum absolute atomic E-state index is 0.0450. The molecular formula is C16H15AsNO4. The van der Waals surface area contributed by atoms with E-state index in [-0.39, 0.29) is 16.0 Å². The Kier molecular flexibility index (Phi) is 5.34. The fourth-order valence-corrected chi connectivity index (χ4v) is 4.89. The van der Waals surface area contributed by atoms with E-state index in [1.807, 2.05) is 30.3 Å². The van der Waals surface area contributed by atoms with Gasteiger partial charge in [0.05, 0.1) is 0 Å². The summed E-state index contributed by atoms with van der Waals surface area (Å²) in [5, 5.41) is 20.1. The van der Waals surface area contributed by atoms with Crippen LogP contribution < -0.4 is 4.35 Å². The van der Waals surface area contributed by atoms with E-state index in [2.05, 4.69) is 6.92 Å². The Morgan fingerprint density at radius 3 is 2.50 bits per heavy atom. The summed E-state index contributed by atoms with van der Waals surface area (Å²) in [4.78, 5) is 21.6. The molecule has 2 rings (SSSR count). The first-order valence-corrected chi connectivity index (χ1v) is 8.82. The average molecular weight is 360 g/mol. The third-order valence-electron chi connectivity index (χ3n) is 3.29. The SMILES string of the molecule is CCC([As]c1ccc([N+](=O)[O-])cc1C(=O)O)c1ccccc1. The van der Waals surface area contributed by atoms with Gasteiger partial charge in [0.1, 0.15) is 0 Å². The zero-order valence-electron chi connectivity index (χ0n) is 12.0. The Morgan fingerprint density at radius 2 is 1.95 bits per heavy atom. The molecule has 0 spiro atoms. The van der Waals surface area contributed by atoms with Crippen LogP contribution >= 0.6 is 0 Å². The van der Waals surface area contributed by atoms with E-state index in [0.29, 0.717) is 4.35 Å². The van der Waals surface area contributed by atoms with Gasteiger partial charge in [-0.1, -0.05) is 0 Å². The van der Waals surface area contributed by atoms with Crippen molar-refractivity contribution in [2.45, 2.75) is 18.1 Å². The van der Waals surface area contributed by atoms with Gasteiger partial charge in [0.15, 0.2) is 0 Å².